The average Bonchev–Trinajstić information content (AvgIpc) is 2.76. The van der Waals surface area contributed by atoms with E-state index in [4.69, 9.17) is 0 Å². The van der Waals surface area contributed by atoms with Gasteiger partial charge in [-0.05, 0) is 19.1 Å². The standard InChI is InChI=1S/C16H17N3O/c1-11-9-13(19(2)18-11)10-15(20)14-7-3-5-12-6-4-8-17-16(12)14/h3-9,15,20H,10H2,1-2H3. The predicted octanol–water partition coefficient (Wildman–Crippen LogP) is 2.55. The predicted molar refractivity (Wildman–Crippen MR) is 78.4 cm³/mol. The summed E-state index contributed by atoms with van der Waals surface area (Å²) in [6.07, 6.45) is 1.71. The quantitative estimate of drug-likeness (QED) is 0.793. The molecule has 102 valence electrons. The first kappa shape index (κ1) is 12.8. The zero-order valence-electron chi connectivity index (χ0n) is 11.6. The SMILES string of the molecule is Cc1cc(CC(O)c2cccc3cccnc23)n(C)n1. The number of hydrogen-bond acceptors (Lipinski definition) is 3. The van der Waals surface area contributed by atoms with Crippen LogP contribution in [0, 0.1) is 6.92 Å². The lowest BCUT2D eigenvalue weighted by Gasteiger charge is -2.13. The minimum atomic E-state index is -0.580. The van der Waals surface area contributed by atoms with Gasteiger partial charge in [0.05, 0.1) is 17.3 Å². The number of fused-ring (bicyclic) bond motifs is 1. The summed E-state index contributed by atoms with van der Waals surface area (Å²) in [5.74, 6) is 0. The molecule has 0 bridgehead atoms. The highest BCUT2D eigenvalue weighted by Crippen LogP contribution is 2.25. The summed E-state index contributed by atoms with van der Waals surface area (Å²) in [4.78, 5) is 4.39. The van der Waals surface area contributed by atoms with E-state index in [-0.39, 0.29) is 0 Å². The molecule has 0 amide bonds. The summed E-state index contributed by atoms with van der Waals surface area (Å²) in [7, 11) is 1.90. The van der Waals surface area contributed by atoms with Crippen molar-refractivity contribution in [3.05, 3.63) is 59.5 Å². The van der Waals surface area contributed by atoms with Gasteiger partial charge in [0.2, 0.25) is 0 Å². The van der Waals surface area contributed by atoms with Crippen LogP contribution in [0.15, 0.2) is 42.6 Å². The van der Waals surface area contributed by atoms with E-state index in [9.17, 15) is 5.11 Å². The third kappa shape index (κ3) is 2.30. The smallest absolute Gasteiger partial charge is 0.0866 e. The topological polar surface area (TPSA) is 50.9 Å². The monoisotopic (exact) mass is 267 g/mol. The Morgan fingerprint density at radius 3 is 2.80 bits per heavy atom. The van der Waals surface area contributed by atoms with E-state index in [1.165, 1.54) is 0 Å². The Kier molecular flexibility index (Phi) is 3.24. The van der Waals surface area contributed by atoms with Crippen molar-refractivity contribution in [2.45, 2.75) is 19.4 Å². The fraction of sp³-hybridized carbons (Fsp3) is 0.250. The molecular weight excluding hydrogens is 250 g/mol. The van der Waals surface area contributed by atoms with Gasteiger partial charge in [-0.25, -0.2) is 0 Å². The molecule has 0 radical (unpaired) electrons. The highest BCUT2D eigenvalue weighted by molar-refractivity contribution is 5.81. The lowest BCUT2D eigenvalue weighted by Crippen LogP contribution is -2.07. The Bertz CT molecular complexity index is 743. The number of hydrogen-bond donors (Lipinski definition) is 1. The van der Waals surface area contributed by atoms with E-state index in [2.05, 4.69) is 10.1 Å². The van der Waals surface area contributed by atoms with Crippen LogP contribution in [0.2, 0.25) is 0 Å². The number of aromatic nitrogens is 3. The van der Waals surface area contributed by atoms with Crippen LogP contribution in [0.3, 0.4) is 0 Å². The van der Waals surface area contributed by atoms with E-state index in [0.717, 1.165) is 27.9 Å². The summed E-state index contributed by atoms with van der Waals surface area (Å²) in [5.41, 5.74) is 3.71. The molecule has 0 saturated heterocycles. The van der Waals surface area contributed by atoms with E-state index in [0.29, 0.717) is 6.42 Å². The summed E-state index contributed by atoms with van der Waals surface area (Å²) in [6, 6.07) is 11.8. The Morgan fingerprint density at radius 2 is 2.05 bits per heavy atom. The highest BCUT2D eigenvalue weighted by atomic mass is 16.3. The Hall–Kier alpha value is -2.20. The van der Waals surface area contributed by atoms with E-state index in [1.807, 2.05) is 55.1 Å². The van der Waals surface area contributed by atoms with Gasteiger partial charge in [0.15, 0.2) is 0 Å². The van der Waals surface area contributed by atoms with Gasteiger partial charge in [-0.3, -0.25) is 9.67 Å². The molecule has 1 unspecified atom stereocenters. The van der Waals surface area contributed by atoms with Gasteiger partial charge in [0.1, 0.15) is 0 Å². The molecule has 0 aliphatic rings. The van der Waals surface area contributed by atoms with Crippen molar-refractivity contribution < 1.29 is 5.11 Å². The fourth-order valence-electron chi connectivity index (χ4n) is 2.56. The van der Waals surface area contributed by atoms with E-state index in [1.54, 1.807) is 6.20 Å². The molecular formula is C16H17N3O. The highest BCUT2D eigenvalue weighted by Gasteiger charge is 2.15. The first-order chi connectivity index (χ1) is 9.65. The van der Waals surface area contributed by atoms with Gasteiger partial charge >= 0.3 is 0 Å². The lowest BCUT2D eigenvalue weighted by atomic mass is 10.0. The number of benzene rings is 1. The number of aliphatic hydroxyl groups excluding tert-OH is 1. The molecule has 1 N–H and O–H groups in total. The number of rotatable bonds is 3. The molecule has 0 spiro atoms. The Balaban J connectivity index is 1.96. The van der Waals surface area contributed by atoms with Crippen LogP contribution in [-0.4, -0.2) is 19.9 Å². The van der Waals surface area contributed by atoms with Crippen molar-refractivity contribution in [2.75, 3.05) is 0 Å². The van der Waals surface area contributed by atoms with Gasteiger partial charge in [-0.1, -0.05) is 24.3 Å². The van der Waals surface area contributed by atoms with E-state index < -0.39 is 6.10 Å². The number of pyridine rings is 1. The van der Waals surface area contributed by atoms with Crippen molar-refractivity contribution in [1.29, 1.82) is 0 Å². The van der Waals surface area contributed by atoms with Crippen LogP contribution in [0.1, 0.15) is 23.1 Å². The summed E-state index contributed by atoms with van der Waals surface area (Å²) in [6.45, 7) is 1.95. The molecule has 20 heavy (non-hydrogen) atoms. The summed E-state index contributed by atoms with van der Waals surface area (Å²) >= 11 is 0. The molecule has 0 aliphatic carbocycles. The van der Waals surface area contributed by atoms with Gasteiger partial charge in [0, 0.05) is 36.3 Å². The van der Waals surface area contributed by atoms with Crippen LogP contribution in [-0.2, 0) is 13.5 Å². The lowest BCUT2D eigenvalue weighted by molar-refractivity contribution is 0.177. The molecule has 0 fully saturated rings. The summed E-state index contributed by atoms with van der Waals surface area (Å²) in [5, 5.41) is 15.9. The van der Waals surface area contributed by atoms with Crippen molar-refractivity contribution in [3.8, 4) is 0 Å². The third-order valence-corrected chi connectivity index (χ3v) is 3.52. The number of nitrogens with zero attached hydrogens (tertiary/aromatic N) is 3. The average molecular weight is 267 g/mol. The molecule has 2 aromatic heterocycles. The van der Waals surface area contributed by atoms with Gasteiger partial charge < -0.3 is 5.11 Å². The zero-order valence-corrected chi connectivity index (χ0v) is 11.6. The van der Waals surface area contributed by atoms with Crippen molar-refractivity contribution in [2.24, 2.45) is 7.05 Å². The minimum absolute atomic E-state index is 0.535. The maximum atomic E-state index is 10.5. The minimum Gasteiger partial charge on any atom is -0.388 e. The molecule has 1 aromatic carbocycles. The largest absolute Gasteiger partial charge is 0.388 e. The van der Waals surface area contributed by atoms with Gasteiger partial charge in [-0.15, -0.1) is 0 Å². The molecule has 0 aliphatic heterocycles. The van der Waals surface area contributed by atoms with Crippen molar-refractivity contribution >= 4 is 10.9 Å². The molecule has 4 nitrogen and oxygen atoms in total. The maximum absolute atomic E-state index is 10.5. The second kappa shape index (κ2) is 5.06. The van der Waals surface area contributed by atoms with Crippen LogP contribution < -0.4 is 0 Å². The van der Waals surface area contributed by atoms with E-state index >= 15 is 0 Å². The first-order valence-electron chi connectivity index (χ1n) is 6.66. The van der Waals surface area contributed by atoms with Crippen LogP contribution in [0.4, 0.5) is 0 Å². The van der Waals surface area contributed by atoms with Crippen molar-refractivity contribution in [3.63, 3.8) is 0 Å². The second-order valence-corrected chi connectivity index (χ2v) is 5.04. The van der Waals surface area contributed by atoms with Crippen LogP contribution in [0.5, 0.6) is 0 Å². The molecule has 0 saturated carbocycles. The Morgan fingerprint density at radius 1 is 1.25 bits per heavy atom. The van der Waals surface area contributed by atoms with Gasteiger partial charge in [0.25, 0.3) is 0 Å². The maximum Gasteiger partial charge on any atom is 0.0866 e. The molecule has 3 rings (SSSR count). The molecule has 4 heteroatoms. The molecule has 3 aromatic rings. The number of aliphatic hydroxyl groups is 1. The Labute approximate surface area is 117 Å². The summed E-state index contributed by atoms with van der Waals surface area (Å²) < 4.78 is 1.82. The number of aryl methyl sites for hydroxylation is 2. The van der Waals surface area contributed by atoms with Gasteiger partial charge in [-0.2, -0.15) is 5.10 Å². The first-order valence-corrected chi connectivity index (χ1v) is 6.66. The third-order valence-electron chi connectivity index (χ3n) is 3.52. The second-order valence-electron chi connectivity index (χ2n) is 5.04. The zero-order chi connectivity index (χ0) is 14.1. The molecule has 1 atom stereocenters. The fourth-order valence-corrected chi connectivity index (χ4v) is 2.56. The van der Waals surface area contributed by atoms with Crippen LogP contribution in [0.25, 0.3) is 10.9 Å². The number of para-hydroxylation sites is 1. The van der Waals surface area contributed by atoms with Crippen LogP contribution >= 0.6 is 0 Å². The van der Waals surface area contributed by atoms with Crippen molar-refractivity contribution in [1.82, 2.24) is 14.8 Å². The molecule has 2 heterocycles. The normalized spacial score (nSPS) is 12.8.